The Morgan fingerprint density at radius 1 is 1.82 bits per heavy atom. The van der Waals surface area contributed by atoms with Gasteiger partial charge in [-0.3, -0.25) is 4.79 Å². The molecule has 0 fully saturated rings. The van der Waals surface area contributed by atoms with Gasteiger partial charge in [0, 0.05) is 6.42 Å². The molecular weight excluding hydrogens is 184 g/mol. The fourth-order valence-electron chi connectivity index (χ4n) is 0.356. The number of carbonyl (C=O) groups excluding carboxylic acids is 1. The summed E-state index contributed by atoms with van der Waals surface area (Å²) < 4.78 is 4.60. The van der Waals surface area contributed by atoms with E-state index in [1.807, 2.05) is 0 Å². The highest BCUT2D eigenvalue weighted by molar-refractivity contribution is 8.69. The van der Waals surface area contributed by atoms with Gasteiger partial charge in [0.05, 0.1) is 0 Å². The van der Waals surface area contributed by atoms with Crippen molar-refractivity contribution in [1.82, 2.24) is 0 Å². The molecule has 0 heterocycles. The van der Waals surface area contributed by atoms with E-state index in [9.17, 15) is 4.79 Å². The maximum atomic E-state index is 10.9. The minimum absolute atomic E-state index is 0.334. The SMILES string of the molecule is CCC(O)OC(=O)C(C)SS. The van der Waals surface area contributed by atoms with Gasteiger partial charge in [-0.2, -0.15) is 0 Å². The molecule has 0 amide bonds. The van der Waals surface area contributed by atoms with Gasteiger partial charge < -0.3 is 9.84 Å². The number of aliphatic hydroxyl groups excluding tert-OH is 1. The zero-order valence-electron chi connectivity index (χ0n) is 6.48. The quantitative estimate of drug-likeness (QED) is 0.307. The molecular formula is C6H12O3S2. The van der Waals surface area contributed by atoms with Crippen LogP contribution in [0.2, 0.25) is 0 Å². The molecule has 0 saturated heterocycles. The van der Waals surface area contributed by atoms with Crippen LogP contribution in [0.25, 0.3) is 0 Å². The van der Waals surface area contributed by atoms with Crippen LogP contribution in [-0.2, 0) is 9.53 Å². The van der Waals surface area contributed by atoms with E-state index in [0.717, 1.165) is 10.8 Å². The minimum Gasteiger partial charge on any atom is -0.435 e. The summed E-state index contributed by atoms with van der Waals surface area (Å²) in [6.07, 6.45) is -0.569. The second kappa shape index (κ2) is 5.74. The number of rotatable bonds is 4. The maximum absolute atomic E-state index is 10.9. The molecule has 0 aromatic rings. The fourth-order valence-corrected chi connectivity index (χ4v) is 0.756. The molecule has 0 aromatic carbocycles. The summed E-state index contributed by atoms with van der Waals surface area (Å²) in [5, 5.41) is 8.56. The summed E-state index contributed by atoms with van der Waals surface area (Å²) in [5.41, 5.74) is 0. The number of ether oxygens (including phenoxy) is 1. The van der Waals surface area contributed by atoms with Gasteiger partial charge >= 0.3 is 5.97 Å². The molecule has 3 nitrogen and oxygen atoms in total. The predicted octanol–water partition coefficient (Wildman–Crippen LogP) is 1.22. The molecule has 0 spiro atoms. The van der Waals surface area contributed by atoms with Gasteiger partial charge in [0.15, 0.2) is 6.29 Å². The van der Waals surface area contributed by atoms with E-state index in [1.54, 1.807) is 13.8 Å². The zero-order valence-corrected chi connectivity index (χ0v) is 8.19. The van der Waals surface area contributed by atoms with E-state index >= 15 is 0 Å². The van der Waals surface area contributed by atoms with Gasteiger partial charge in [-0.1, -0.05) is 17.7 Å². The van der Waals surface area contributed by atoms with Crippen LogP contribution in [0.1, 0.15) is 20.3 Å². The molecule has 0 aromatic heterocycles. The van der Waals surface area contributed by atoms with E-state index < -0.39 is 12.3 Å². The van der Waals surface area contributed by atoms with Crippen molar-refractivity contribution < 1.29 is 14.6 Å². The van der Waals surface area contributed by atoms with Crippen molar-refractivity contribution in [1.29, 1.82) is 0 Å². The Balaban J connectivity index is 3.68. The number of carbonyl (C=O) groups is 1. The van der Waals surface area contributed by atoms with Crippen molar-refractivity contribution in [2.45, 2.75) is 31.8 Å². The van der Waals surface area contributed by atoms with Gasteiger partial charge in [0.1, 0.15) is 5.25 Å². The lowest BCUT2D eigenvalue weighted by molar-refractivity contribution is -0.166. The lowest BCUT2D eigenvalue weighted by atomic mass is 10.4. The monoisotopic (exact) mass is 196 g/mol. The van der Waals surface area contributed by atoms with Crippen LogP contribution >= 0.6 is 22.5 Å². The summed E-state index contributed by atoms with van der Waals surface area (Å²) >= 11 is 3.84. The van der Waals surface area contributed by atoms with Crippen molar-refractivity contribution in [3.63, 3.8) is 0 Å². The van der Waals surface area contributed by atoms with Crippen LogP contribution in [-0.4, -0.2) is 22.6 Å². The molecule has 11 heavy (non-hydrogen) atoms. The molecule has 66 valence electrons. The van der Waals surface area contributed by atoms with Crippen molar-refractivity contribution in [3.05, 3.63) is 0 Å². The summed E-state index contributed by atoms with van der Waals surface area (Å²) in [4.78, 5) is 10.9. The van der Waals surface area contributed by atoms with E-state index in [-0.39, 0.29) is 5.25 Å². The molecule has 1 N–H and O–H groups in total. The standard InChI is InChI=1S/C6H12O3S2/c1-3-5(7)9-6(8)4(2)11-10/h4-5,7,10H,3H2,1-2H3. The highest BCUT2D eigenvalue weighted by Gasteiger charge is 2.16. The number of hydrogen-bond donors (Lipinski definition) is 2. The van der Waals surface area contributed by atoms with Crippen LogP contribution in [0.4, 0.5) is 0 Å². The maximum Gasteiger partial charge on any atom is 0.321 e. The normalized spacial score (nSPS) is 15.6. The largest absolute Gasteiger partial charge is 0.435 e. The molecule has 0 aliphatic heterocycles. The highest BCUT2D eigenvalue weighted by Crippen LogP contribution is 2.15. The highest BCUT2D eigenvalue weighted by atomic mass is 33.1. The van der Waals surface area contributed by atoms with Crippen molar-refractivity contribution in [2.75, 3.05) is 0 Å². The first-order valence-electron chi connectivity index (χ1n) is 3.30. The average Bonchev–Trinajstić information content (AvgIpc) is 2.02. The molecule has 0 rings (SSSR count). The Bertz CT molecular complexity index is 129. The molecule has 0 bridgehead atoms. The molecule has 5 heteroatoms. The third-order valence-electron chi connectivity index (χ3n) is 1.09. The fraction of sp³-hybridized carbons (Fsp3) is 0.833. The Morgan fingerprint density at radius 2 is 2.36 bits per heavy atom. The van der Waals surface area contributed by atoms with Crippen LogP contribution in [0, 0.1) is 0 Å². The van der Waals surface area contributed by atoms with Crippen molar-refractivity contribution >= 4 is 28.4 Å². The van der Waals surface area contributed by atoms with Crippen LogP contribution < -0.4 is 0 Å². The molecule has 0 aliphatic rings. The Labute approximate surface area is 75.3 Å². The Morgan fingerprint density at radius 3 is 2.73 bits per heavy atom. The first-order chi connectivity index (χ1) is 5.11. The first-order valence-corrected chi connectivity index (χ1v) is 5.23. The molecule has 0 saturated carbocycles. The lowest BCUT2D eigenvalue weighted by Crippen LogP contribution is -2.22. The number of hydrogen-bond acceptors (Lipinski definition) is 5. The summed E-state index contributed by atoms with van der Waals surface area (Å²) in [6, 6.07) is 0. The predicted molar refractivity (Wildman–Crippen MR) is 48.4 cm³/mol. The minimum atomic E-state index is -0.981. The van der Waals surface area contributed by atoms with Crippen LogP contribution in [0.5, 0.6) is 0 Å². The second-order valence-electron chi connectivity index (χ2n) is 2.05. The lowest BCUT2D eigenvalue weighted by Gasteiger charge is -2.11. The zero-order chi connectivity index (χ0) is 8.85. The van der Waals surface area contributed by atoms with Crippen molar-refractivity contribution in [2.24, 2.45) is 0 Å². The number of esters is 1. The molecule has 0 aliphatic carbocycles. The summed E-state index contributed by atoms with van der Waals surface area (Å²) in [7, 11) is 1.09. The molecule has 0 radical (unpaired) electrons. The van der Waals surface area contributed by atoms with Gasteiger partial charge in [-0.25, -0.2) is 0 Å². The third-order valence-corrected chi connectivity index (χ3v) is 2.55. The van der Waals surface area contributed by atoms with E-state index in [4.69, 9.17) is 5.11 Å². The van der Waals surface area contributed by atoms with Crippen molar-refractivity contribution in [3.8, 4) is 0 Å². The van der Waals surface area contributed by atoms with E-state index in [1.165, 1.54) is 0 Å². The topological polar surface area (TPSA) is 46.5 Å². The van der Waals surface area contributed by atoms with E-state index in [0.29, 0.717) is 6.42 Å². The number of thiol groups is 1. The summed E-state index contributed by atoms with van der Waals surface area (Å²) in [5.74, 6) is -0.431. The van der Waals surface area contributed by atoms with Gasteiger partial charge in [-0.15, -0.1) is 11.7 Å². The molecule has 2 atom stereocenters. The Kier molecular flexibility index (Phi) is 5.81. The second-order valence-corrected chi connectivity index (χ2v) is 3.60. The summed E-state index contributed by atoms with van der Waals surface area (Å²) in [6.45, 7) is 3.40. The van der Waals surface area contributed by atoms with Crippen LogP contribution in [0.15, 0.2) is 0 Å². The third kappa shape index (κ3) is 4.55. The van der Waals surface area contributed by atoms with Gasteiger partial charge in [0.25, 0.3) is 0 Å². The Hall–Kier alpha value is 0.130. The molecule has 2 unspecified atom stereocenters. The van der Waals surface area contributed by atoms with Crippen LogP contribution in [0.3, 0.4) is 0 Å². The number of aliphatic hydroxyl groups is 1. The van der Waals surface area contributed by atoms with Gasteiger partial charge in [-0.05, 0) is 6.92 Å². The first kappa shape index (κ1) is 11.1. The smallest absolute Gasteiger partial charge is 0.321 e. The van der Waals surface area contributed by atoms with E-state index in [2.05, 4.69) is 16.4 Å². The van der Waals surface area contributed by atoms with Gasteiger partial charge in [0.2, 0.25) is 0 Å². The average molecular weight is 196 g/mol.